The molecule has 0 spiro atoms. The number of amides is 1. The van der Waals surface area contributed by atoms with Crippen molar-refractivity contribution in [1.82, 2.24) is 9.55 Å². The minimum Gasteiger partial charge on any atom is -0.495 e. The van der Waals surface area contributed by atoms with E-state index in [1.807, 2.05) is 54.6 Å². The van der Waals surface area contributed by atoms with Crippen LogP contribution in [0.15, 0.2) is 78.0 Å². The molecule has 1 N–H and O–H groups in total. The molecule has 7 nitrogen and oxygen atoms in total. The first kappa shape index (κ1) is 23.7. The number of para-hydroxylation sites is 2. The van der Waals surface area contributed by atoms with Crippen LogP contribution < -0.4 is 10.1 Å². The fourth-order valence-corrected chi connectivity index (χ4v) is 4.40. The van der Waals surface area contributed by atoms with Crippen molar-refractivity contribution >= 4 is 52.0 Å². The van der Waals surface area contributed by atoms with Gasteiger partial charge in [-0.1, -0.05) is 65.8 Å². The Bertz CT molecular complexity index is 1310. The van der Waals surface area contributed by atoms with E-state index in [0.29, 0.717) is 28.2 Å². The van der Waals surface area contributed by atoms with E-state index in [4.69, 9.17) is 21.1 Å². The molecule has 0 saturated carbocycles. The average Bonchev–Trinajstić information content (AvgIpc) is 3.19. The monoisotopic (exact) mass is 495 g/mol. The molecule has 0 aliphatic heterocycles. The van der Waals surface area contributed by atoms with Crippen LogP contribution in [0.25, 0.3) is 11.0 Å². The number of carbonyl (C=O) groups is 2. The number of hydrogen-bond acceptors (Lipinski definition) is 6. The molecule has 0 unspecified atom stereocenters. The minimum absolute atomic E-state index is 0.0275. The molecule has 3 aromatic carbocycles. The third kappa shape index (κ3) is 5.89. The maximum atomic E-state index is 12.3. The van der Waals surface area contributed by atoms with E-state index in [2.05, 4.69) is 14.9 Å². The van der Waals surface area contributed by atoms with Gasteiger partial charge in [-0.15, -0.1) is 0 Å². The van der Waals surface area contributed by atoms with Crippen molar-refractivity contribution in [3.05, 3.63) is 83.4 Å². The number of benzene rings is 3. The van der Waals surface area contributed by atoms with Crippen LogP contribution in [0.3, 0.4) is 0 Å². The summed E-state index contributed by atoms with van der Waals surface area (Å²) in [4.78, 5) is 29.1. The molecule has 1 amide bonds. The highest BCUT2D eigenvalue weighted by atomic mass is 35.5. The van der Waals surface area contributed by atoms with Crippen LogP contribution in [-0.4, -0.2) is 40.9 Å². The fourth-order valence-electron chi connectivity index (χ4n) is 3.33. The van der Waals surface area contributed by atoms with E-state index in [-0.39, 0.29) is 5.75 Å². The lowest BCUT2D eigenvalue weighted by Gasteiger charge is -2.10. The molecule has 0 radical (unpaired) electrons. The number of halogens is 1. The lowest BCUT2D eigenvalue weighted by atomic mass is 10.2. The quantitative estimate of drug-likeness (QED) is 0.259. The number of thioether (sulfide) groups is 1. The van der Waals surface area contributed by atoms with E-state index < -0.39 is 18.5 Å². The van der Waals surface area contributed by atoms with Crippen LogP contribution in [0.4, 0.5) is 5.69 Å². The molecule has 1 heterocycles. The molecule has 4 aromatic rings. The van der Waals surface area contributed by atoms with Gasteiger partial charge in [-0.2, -0.15) is 0 Å². The predicted molar refractivity (Wildman–Crippen MR) is 134 cm³/mol. The Hall–Kier alpha value is -3.49. The highest BCUT2D eigenvalue weighted by Crippen LogP contribution is 2.27. The Morgan fingerprint density at radius 3 is 2.59 bits per heavy atom. The van der Waals surface area contributed by atoms with Crippen molar-refractivity contribution in [1.29, 1.82) is 0 Å². The zero-order valence-corrected chi connectivity index (χ0v) is 19.9. The summed E-state index contributed by atoms with van der Waals surface area (Å²) in [6.45, 7) is 0.231. The molecule has 4 rings (SSSR count). The van der Waals surface area contributed by atoms with Gasteiger partial charge in [-0.25, -0.2) is 4.98 Å². The van der Waals surface area contributed by atoms with Gasteiger partial charge in [0, 0.05) is 5.69 Å². The van der Waals surface area contributed by atoms with Crippen molar-refractivity contribution in [3.63, 3.8) is 0 Å². The Kier molecular flexibility index (Phi) is 7.72. The molecule has 1 aromatic heterocycles. The van der Waals surface area contributed by atoms with Gasteiger partial charge in [0.2, 0.25) is 0 Å². The van der Waals surface area contributed by atoms with Crippen molar-refractivity contribution in [2.24, 2.45) is 0 Å². The summed E-state index contributed by atoms with van der Waals surface area (Å²) in [6.07, 6.45) is 0. The molecule has 0 saturated heterocycles. The second kappa shape index (κ2) is 11.1. The van der Waals surface area contributed by atoms with Gasteiger partial charge in [-0.05, 0) is 35.9 Å². The lowest BCUT2D eigenvalue weighted by molar-refractivity contribution is -0.144. The number of methoxy groups -OCH3 is 1. The van der Waals surface area contributed by atoms with E-state index in [0.717, 1.165) is 16.6 Å². The van der Waals surface area contributed by atoms with E-state index in [1.165, 1.54) is 18.9 Å². The maximum Gasteiger partial charge on any atom is 0.316 e. The minimum atomic E-state index is -0.508. The van der Waals surface area contributed by atoms with Crippen molar-refractivity contribution in [2.45, 2.75) is 11.7 Å². The van der Waals surface area contributed by atoms with Gasteiger partial charge in [0.25, 0.3) is 5.91 Å². The van der Waals surface area contributed by atoms with Crippen LogP contribution >= 0.6 is 23.4 Å². The van der Waals surface area contributed by atoms with Gasteiger partial charge in [0.05, 0.1) is 35.5 Å². The summed E-state index contributed by atoms with van der Waals surface area (Å²) in [6, 6.07) is 22.7. The SMILES string of the molecule is COc1ccc(NC(=O)COC(=O)CSc2nc3ccccc3n2Cc2ccccc2)cc1Cl. The Morgan fingerprint density at radius 1 is 1.06 bits per heavy atom. The number of imidazole rings is 1. The maximum absolute atomic E-state index is 12.3. The number of nitrogens with zero attached hydrogens (tertiary/aromatic N) is 2. The van der Waals surface area contributed by atoms with Gasteiger partial charge >= 0.3 is 5.97 Å². The van der Waals surface area contributed by atoms with Crippen LogP contribution in [-0.2, 0) is 20.9 Å². The third-order valence-corrected chi connectivity index (χ3v) is 6.17. The normalized spacial score (nSPS) is 10.8. The molecule has 9 heteroatoms. The molecule has 0 atom stereocenters. The van der Waals surface area contributed by atoms with Gasteiger partial charge in [0.15, 0.2) is 11.8 Å². The number of rotatable bonds is 9. The number of fused-ring (bicyclic) bond motifs is 1. The van der Waals surface area contributed by atoms with Crippen LogP contribution in [0.5, 0.6) is 5.75 Å². The lowest BCUT2D eigenvalue weighted by Crippen LogP contribution is -2.21. The largest absolute Gasteiger partial charge is 0.495 e. The van der Waals surface area contributed by atoms with Gasteiger partial charge < -0.3 is 19.4 Å². The number of anilines is 1. The van der Waals surface area contributed by atoms with Gasteiger partial charge in [0.1, 0.15) is 5.75 Å². The first-order valence-corrected chi connectivity index (χ1v) is 11.8. The summed E-state index contributed by atoms with van der Waals surface area (Å²) < 4.78 is 12.3. The molecule has 0 bridgehead atoms. The molecular formula is C25H22ClN3O4S. The third-order valence-electron chi connectivity index (χ3n) is 4.92. The van der Waals surface area contributed by atoms with Crippen LogP contribution in [0.1, 0.15) is 5.56 Å². The van der Waals surface area contributed by atoms with Crippen LogP contribution in [0, 0.1) is 0 Å². The number of nitrogens with one attached hydrogen (secondary N) is 1. The second-order valence-electron chi connectivity index (χ2n) is 7.30. The Balaban J connectivity index is 1.34. The second-order valence-corrected chi connectivity index (χ2v) is 8.65. The molecular weight excluding hydrogens is 474 g/mol. The van der Waals surface area contributed by atoms with Gasteiger partial charge in [-0.3, -0.25) is 9.59 Å². The molecule has 0 aliphatic carbocycles. The summed E-state index contributed by atoms with van der Waals surface area (Å²) in [7, 11) is 1.51. The number of aromatic nitrogens is 2. The summed E-state index contributed by atoms with van der Waals surface area (Å²) >= 11 is 7.34. The highest BCUT2D eigenvalue weighted by Gasteiger charge is 2.15. The van der Waals surface area contributed by atoms with E-state index in [9.17, 15) is 9.59 Å². The zero-order chi connectivity index (χ0) is 23.9. The zero-order valence-electron chi connectivity index (χ0n) is 18.4. The first-order valence-electron chi connectivity index (χ1n) is 10.4. The molecule has 0 fully saturated rings. The smallest absolute Gasteiger partial charge is 0.316 e. The fraction of sp³-hybridized carbons (Fsp3) is 0.160. The average molecular weight is 496 g/mol. The number of hydrogen-bond donors (Lipinski definition) is 1. The highest BCUT2D eigenvalue weighted by molar-refractivity contribution is 7.99. The standard InChI is InChI=1S/C25H22ClN3O4S/c1-32-22-12-11-18(13-19(22)26)27-23(30)15-33-24(31)16-34-25-28-20-9-5-6-10-21(20)29(25)14-17-7-3-2-4-8-17/h2-13H,14-16H2,1H3,(H,27,30). The van der Waals surface area contributed by atoms with Crippen LogP contribution in [0.2, 0.25) is 5.02 Å². The van der Waals surface area contributed by atoms with E-state index in [1.54, 1.807) is 18.2 Å². The van der Waals surface area contributed by atoms with E-state index >= 15 is 0 Å². The predicted octanol–water partition coefficient (Wildman–Crippen LogP) is 5.02. The number of carbonyl (C=O) groups excluding carboxylic acids is 2. The molecule has 0 aliphatic rings. The van der Waals surface area contributed by atoms with Crippen molar-refractivity contribution in [3.8, 4) is 5.75 Å². The molecule has 34 heavy (non-hydrogen) atoms. The first-order chi connectivity index (χ1) is 16.5. The summed E-state index contributed by atoms with van der Waals surface area (Å²) in [5.41, 5.74) is 3.45. The Morgan fingerprint density at radius 2 is 1.82 bits per heavy atom. The summed E-state index contributed by atoms with van der Waals surface area (Å²) in [5.74, 6) is -0.441. The topological polar surface area (TPSA) is 82.4 Å². The van der Waals surface area contributed by atoms with Crippen molar-refractivity contribution < 1.29 is 19.1 Å². The molecule has 174 valence electrons. The summed E-state index contributed by atoms with van der Waals surface area (Å²) in [5, 5.41) is 3.71. The number of esters is 1. The van der Waals surface area contributed by atoms with Crippen molar-refractivity contribution in [2.75, 3.05) is 24.8 Å². The Labute approximate surface area is 206 Å². The number of ether oxygens (including phenoxy) is 2.